The summed E-state index contributed by atoms with van der Waals surface area (Å²) in [6, 6.07) is 26.5. The van der Waals surface area contributed by atoms with Crippen molar-refractivity contribution in [1.29, 1.82) is 0 Å². The Hall–Kier alpha value is -1.87. The zero-order chi connectivity index (χ0) is 18.4. The molecule has 27 heavy (non-hydrogen) atoms. The van der Waals surface area contributed by atoms with Crippen molar-refractivity contribution in [2.75, 3.05) is 0 Å². The van der Waals surface area contributed by atoms with Crippen molar-refractivity contribution < 1.29 is 5.11 Å². The molecule has 2 aromatic heterocycles. The molecule has 0 aliphatic carbocycles. The summed E-state index contributed by atoms with van der Waals surface area (Å²) in [5.74, 6) is 0. The molecular weight excluding hydrogens is 439 g/mol. The average molecular weight is 454 g/mol. The van der Waals surface area contributed by atoms with E-state index in [0.29, 0.717) is 5.02 Å². The van der Waals surface area contributed by atoms with Crippen LogP contribution in [0, 0.1) is 0 Å². The summed E-state index contributed by atoms with van der Waals surface area (Å²) in [6.07, 6.45) is -0.668. The van der Waals surface area contributed by atoms with Crippen LogP contribution in [0.3, 0.4) is 0 Å². The Morgan fingerprint density at radius 3 is 2.33 bits per heavy atom. The van der Waals surface area contributed by atoms with E-state index in [0.717, 1.165) is 11.1 Å². The fourth-order valence-electron chi connectivity index (χ4n) is 3.49. The van der Waals surface area contributed by atoms with Gasteiger partial charge in [-0.25, -0.2) is 0 Å². The van der Waals surface area contributed by atoms with E-state index in [2.05, 4.69) is 48.5 Å². The third kappa shape index (κ3) is 2.97. The van der Waals surface area contributed by atoms with Crippen LogP contribution in [0.2, 0.25) is 5.02 Å². The number of benzene rings is 3. The van der Waals surface area contributed by atoms with Gasteiger partial charge in [0.2, 0.25) is 0 Å². The van der Waals surface area contributed by atoms with E-state index >= 15 is 0 Å². The Balaban J connectivity index is 1.82. The molecule has 0 saturated heterocycles. The second-order valence-corrected chi connectivity index (χ2v) is 10.6. The van der Waals surface area contributed by atoms with E-state index in [-0.39, 0.29) is 14.5 Å². The molecule has 1 nitrogen and oxygen atoms in total. The standard InChI is InChI=1S/C23H15ClOSSe/c24-16-12-10-14(11-13-16)21(25)20-19-17-8-4-5-9-18(17)26-23(19)27-22(20)15-6-2-1-3-7-15/h1-13,21,25H. The predicted octanol–water partition coefficient (Wildman–Crippen LogP) is 6.51. The van der Waals surface area contributed by atoms with Crippen LogP contribution in [0.4, 0.5) is 0 Å². The van der Waals surface area contributed by atoms with Gasteiger partial charge in [0.15, 0.2) is 0 Å². The Morgan fingerprint density at radius 2 is 1.56 bits per heavy atom. The van der Waals surface area contributed by atoms with Gasteiger partial charge < -0.3 is 0 Å². The van der Waals surface area contributed by atoms with Crippen molar-refractivity contribution >= 4 is 56.5 Å². The molecule has 1 atom stereocenters. The Labute approximate surface area is 172 Å². The van der Waals surface area contributed by atoms with Gasteiger partial charge in [-0.05, 0) is 0 Å². The fraction of sp³-hybridized carbons (Fsp3) is 0.0435. The summed E-state index contributed by atoms with van der Waals surface area (Å²) in [6.45, 7) is 0. The molecule has 0 aliphatic rings. The molecule has 132 valence electrons. The average Bonchev–Trinajstić information content (AvgIpc) is 3.25. The van der Waals surface area contributed by atoms with E-state index in [1.807, 2.05) is 41.7 Å². The molecule has 1 unspecified atom stereocenters. The predicted molar refractivity (Wildman–Crippen MR) is 117 cm³/mol. The zero-order valence-electron chi connectivity index (χ0n) is 14.2. The molecule has 0 radical (unpaired) electrons. The van der Waals surface area contributed by atoms with E-state index in [4.69, 9.17) is 11.6 Å². The fourth-order valence-corrected chi connectivity index (χ4v) is 8.14. The number of hydrogen-bond donors (Lipinski definition) is 1. The van der Waals surface area contributed by atoms with E-state index in [1.165, 1.54) is 29.0 Å². The van der Waals surface area contributed by atoms with E-state index in [9.17, 15) is 5.11 Å². The first kappa shape index (κ1) is 17.2. The molecule has 3 aromatic carbocycles. The third-order valence-electron chi connectivity index (χ3n) is 4.77. The van der Waals surface area contributed by atoms with Crippen molar-refractivity contribution in [2.45, 2.75) is 6.10 Å². The molecule has 5 rings (SSSR count). The first-order valence-electron chi connectivity index (χ1n) is 8.65. The molecule has 0 bridgehead atoms. The van der Waals surface area contributed by atoms with Crippen LogP contribution >= 0.6 is 22.9 Å². The number of thiophene rings is 1. The molecule has 2 heterocycles. The SMILES string of the molecule is OC(c1ccc(Cl)cc1)c1c(-c2ccccc2)[se]c2sc3ccccc3c12. The topological polar surface area (TPSA) is 20.2 Å². The molecule has 0 spiro atoms. The number of aliphatic hydroxyl groups excluding tert-OH is 1. The number of fused-ring (bicyclic) bond motifs is 3. The van der Waals surface area contributed by atoms with Crippen LogP contribution in [0.1, 0.15) is 17.2 Å². The maximum absolute atomic E-state index is 11.4. The van der Waals surface area contributed by atoms with Crippen molar-refractivity contribution in [3.63, 3.8) is 0 Å². The van der Waals surface area contributed by atoms with Gasteiger partial charge in [0.1, 0.15) is 0 Å². The van der Waals surface area contributed by atoms with Gasteiger partial charge in [0.25, 0.3) is 0 Å². The van der Waals surface area contributed by atoms with Crippen molar-refractivity contribution in [1.82, 2.24) is 0 Å². The molecule has 0 amide bonds. The number of rotatable bonds is 3. The number of hydrogen-bond acceptors (Lipinski definition) is 2. The summed E-state index contributed by atoms with van der Waals surface area (Å²) in [4.78, 5) is 0. The van der Waals surface area contributed by atoms with Gasteiger partial charge in [0.05, 0.1) is 0 Å². The monoisotopic (exact) mass is 454 g/mol. The van der Waals surface area contributed by atoms with Gasteiger partial charge in [-0.3, -0.25) is 0 Å². The molecular formula is C23H15ClOSSe. The summed E-state index contributed by atoms with van der Waals surface area (Å²) >= 11 is 8.09. The van der Waals surface area contributed by atoms with E-state index in [1.54, 1.807) is 0 Å². The molecule has 0 fully saturated rings. The summed E-state index contributed by atoms with van der Waals surface area (Å²) in [5.41, 5.74) is 3.13. The van der Waals surface area contributed by atoms with Gasteiger partial charge in [-0.1, -0.05) is 0 Å². The Kier molecular flexibility index (Phi) is 4.43. The van der Waals surface area contributed by atoms with Crippen LogP contribution in [-0.4, -0.2) is 19.6 Å². The van der Waals surface area contributed by atoms with Crippen molar-refractivity contribution in [3.05, 3.63) is 95.0 Å². The van der Waals surface area contributed by atoms with Crippen LogP contribution < -0.4 is 0 Å². The molecule has 0 aliphatic heterocycles. The third-order valence-corrected chi connectivity index (χ3v) is 9.14. The van der Waals surface area contributed by atoms with Gasteiger partial charge >= 0.3 is 173 Å². The van der Waals surface area contributed by atoms with Crippen LogP contribution in [0.5, 0.6) is 0 Å². The van der Waals surface area contributed by atoms with Gasteiger partial charge in [0, 0.05) is 0 Å². The second kappa shape index (κ2) is 6.94. The van der Waals surface area contributed by atoms with Crippen LogP contribution in [0.25, 0.3) is 29.0 Å². The van der Waals surface area contributed by atoms with Crippen LogP contribution in [0.15, 0.2) is 78.9 Å². The van der Waals surface area contributed by atoms with Crippen LogP contribution in [-0.2, 0) is 0 Å². The maximum atomic E-state index is 11.4. The summed E-state index contributed by atoms with van der Waals surface area (Å²) in [5, 5.41) is 14.5. The van der Waals surface area contributed by atoms with Crippen molar-refractivity contribution in [3.8, 4) is 10.0 Å². The van der Waals surface area contributed by atoms with Gasteiger partial charge in [-0.2, -0.15) is 0 Å². The minimum atomic E-state index is -0.668. The Bertz CT molecular complexity index is 1240. The molecule has 0 saturated carbocycles. The first-order valence-corrected chi connectivity index (χ1v) is 11.6. The normalized spacial score (nSPS) is 12.7. The molecule has 5 aromatic rings. The Morgan fingerprint density at radius 1 is 0.852 bits per heavy atom. The number of halogens is 1. The first-order chi connectivity index (χ1) is 13.2. The number of aliphatic hydroxyl groups is 1. The minimum absolute atomic E-state index is 0.184. The summed E-state index contributed by atoms with van der Waals surface area (Å²) < 4.78 is 3.96. The molecule has 4 heteroatoms. The van der Waals surface area contributed by atoms with Crippen molar-refractivity contribution in [2.24, 2.45) is 0 Å². The molecule has 1 N–H and O–H groups in total. The zero-order valence-corrected chi connectivity index (χ0v) is 17.5. The van der Waals surface area contributed by atoms with E-state index < -0.39 is 6.10 Å². The quantitative estimate of drug-likeness (QED) is 0.309. The van der Waals surface area contributed by atoms with Gasteiger partial charge in [-0.15, -0.1) is 0 Å². The second-order valence-electron chi connectivity index (χ2n) is 6.43. The summed E-state index contributed by atoms with van der Waals surface area (Å²) in [7, 11) is 0.